The average molecular weight is 525 g/mol. The quantitative estimate of drug-likeness (QED) is 0.322. The van der Waals surface area contributed by atoms with Crippen LogP contribution in [0, 0.1) is 17.1 Å². The molecule has 1 aliphatic heterocycles. The van der Waals surface area contributed by atoms with Crippen LogP contribution in [0.3, 0.4) is 0 Å². The third-order valence-electron chi connectivity index (χ3n) is 5.10. The molecule has 1 fully saturated rings. The fourth-order valence-electron chi connectivity index (χ4n) is 3.56. The summed E-state index contributed by atoms with van der Waals surface area (Å²) >= 11 is 0. The molecular weight excluding hydrogens is 496 g/mol. The van der Waals surface area contributed by atoms with Crippen LogP contribution < -0.4 is 10.6 Å². The average Bonchev–Trinajstić information content (AvgIpc) is 3.28. The summed E-state index contributed by atoms with van der Waals surface area (Å²) in [6, 6.07) is 10.5. The maximum Gasteiger partial charge on any atom is 0.191 e. The number of likely N-dealkylation sites (tertiary alicyclic amines) is 1. The highest BCUT2D eigenvalue weighted by atomic mass is 127. The molecule has 0 bridgehead atoms. The normalized spacial score (nSPS) is 15.7. The van der Waals surface area contributed by atoms with Crippen molar-refractivity contribution in [2.45, 2.75) is 38.8 Å². The minimum Gasteiger partial charge on any atom is -0.468 e. The summed E-state index contributed by atoms with van der Waals surface area (Å²) in [5.74, 6) is 1.16. The van der Waals surface area contributed by atoms with Gasteiger partial charge in [0.2, 0.25) is 0 Å². The predicted molar refractivity (Wildman–Crippen MR) is 126 cm³/mol. The number of nitriles is 1. The van der Waals surface area contributed by atoms with Crippen LogP contribution in [0.1, 0.15) is 49.1 Å². The molecule has 6 nitrogen and oxygen atoms in total. The van der Waals surface area contributed by atoms with E-state index in [0.717, 1.165) is 18.8 Å². The van der Waals surface area contributed by atoms with Crippen LogP contribution in [0.25, 0.3) is 0 Å². The molecule has 1 aromatic heterocycles. The third-order valence-corrected chi connectivity index (χ3v) is 5.10. The summed E-state index contributed by atoms with van der Waals surface area (Å²) in [6.45, 7) is 5.65. The zero-order valence-corrected chi connectivity index (χ0v) is 19.6. The van der Waals surface area contributed by atoms with Crippen LogP contribution in [0.15, 0.2) is 46.0 Å². The van der Waals surface area contributed by atoms with Crippen LogP contribution in [0.2, 0.25) is 0 Å². The Balaban J connectivity index is 0.00000320. The van der Waals surface area contributed by atoms with Gasteiger partial charge in [-0.05, 0) is 57.1 Å². The van der Waals surface area contributed by atoms with E-state index in [4.69, 9.17) is 9.68 Å². The van der Waals surface area contributed by atoms with Gasteiger partial charge in [0.1, 0.15) is 11.6 Å². The molecule has 2 N–H and O–H groups in total. The fourth-order valence-corrected chi connectivity index (χ4v) is 3.56. The number of hydrogen-bond acceptors (Lipinski definition) is 4. The number of nitrogens with one attached hydrogen (secondary N) is 2. The first-order valence-electron chi connectivity index (χ1n) is 10.2. The van der Waals surface area contributed by atoms with Gasteiger partial charge in [0.15, 0.2) is 5.96 Å². The molecule has 1 unspecified atom stereocenters. The maximum absolute atomic E-state index is 14.1. The van der Waals surface area contributed by atoms with E-state index >= 15 is 0 Å². The van der Waals surface area contributed by atoms with Gasteiger partial charge >= 0.3 is 0 Å². The highest BCUT2D eigenvalue weighted by Gasteiger charge is 2.24. The number of halogens is 2. The first-order chi connectivity index (χ1) is 14.2. The molecule has 162 valence electrons. The van der Waals surface area contributed by atoms with Crippen molar-refractivity contribution in [2.75, 3.05) is 26.2 Å². The predicted octanol–water partition coefficient (Wildman–Crippen LogP) is 4.19. The van der Waals surface area contributed by atoms with Crippen LogP contribution >= 0.6 is 24.0 Å². The molecule has 0 spiro atoms. The molecule has 3 rings (SSSR count). The van der Waals surface area contributed by atoms with E-state index in [1.165, 1.54) is 25.3 Å². The van der Waals surface area contributed by atoms with E-state index in [9.17, 15) is 4.39 Å². The standard InChI is InChI=1S/C22H28FN5O.HI/c1-2-25-22(26-15-18-9-8-17(14-24)13-19(18)23)27-16-20(21-7-6-12-29-21)28-10-4-3-5-11-28;/h6-9,12-13,20H,2-5,10-11,15-16H2,1H3,(H2,25,26,27);1H. The molecule has 0 amide bonds. The number of aliphatic imine (C=N–C) groups is 1. The van der Waals surface area contributed by atoms with E-state index < -0.39 is 5.82 Å². The second kappa shape index (κ2) is 12.5. The Morgan fingerprint density at radius 1 is 1.27 bits per heavy atom. The lowest BCUT2D eigenvalue weighted by atomic mass is 10.1. The molecule has 2 heterocycles. The van der Waals surface area contributed by atoms with Crippen molar-refractivity contribution in [3.63, 3.8) is 0 Å². The van der Waals surface area contributed by atoms with E-state index in [1.807, 2.05) is 25.1 Å². The second-order valence-electron chi connectivity index (χ2n) is 7.12. The summed E-state index contributed by atoms with van der Waals surface area (Å²) in [6.07, 6.45) is 5.38. The lowest BCUT2D eigenvalue weighted by Gasteiger charge is -2.33. The zero-order chi connectivity index (χ0) is 20.5. The Bertz CT molecular complexity index is 844. The molecule has 30 heavy (non-hydrogen) atoms. The van der Waals surface area contributed by atoms with Gasteiger partial charge in [0.25, 0.3) is 0 Å². The first-order valence-corrected chi connectivity index (χ1v) is 10.2. The minimum atomic E-state index is -0.412. The fraction of sp³-hybridized carbons (Fsp3) is 0.455. The number of nitrogens with zero attached hydrogens (tertiary/aromatic N) is 3. The number of benzene rings is 1. The lowest BCUT2D eigenvalue weighted by molar-refractivity contribution is 0.146. The number of hydrogen-bond donors (Lipinski definition) is 2. The van der Waals surface area contributed by atoms with Crippen molar-refractivity contribution >= 4 is 29.9 Å². The van der Waals surface area contributed by atoms with Crippen LogP contribution in [-0.2, 0) is 6.54 Å². The number of furan rings is 1. The zero-order valence-electron chi connectivity index (χ0n) is 17.2. The van der Waals surface area contributed by atoms with E-state index in [2.05, 4.69) is 20.5 Å². The number of guanidine groups is 1. The molecular formula is C22H29FIN5O. The SMILES string of the molecule is CCNC(=NCc1ccc(C#N)cc1F)NCC(c1ccco1)N1CCCCC1.I. The summed E-state index contributed by atoms with van der Waals surface area (Å²) in [5, 5.41) is 15.5. The van der Waals surface area contributed by atoms with Crippen molar-refractivity contribution in [3.8, 4) is 6.07 Å². The van der Waals surface area contributed by atoms with Gasteiger partial charge in [0.05, 0.1) is 30.5 Å². The molecule has 1 aliphatic rings. The maximum atomic E-state index is 14.1. The smallest absolute Gasteiger partial charge is 0.191 e. The molecule has 0 radical (unpaired) electrons. The molecule has 8 heteroatoms. The Morgan fingerprint density at radius 2 is 2.07 bits per heavy atom. The minimum absolute atomic E-state index is 0. The van der Waals surface area contributed by atoms with Crippen molar-refractivity contribution < 1.29 is 8.81 Å². The Hall–Kier alpha value is -2.12. The topological polar surface area (TPSA) is 76.6 Å². The summed E-state index contributed by atoms with van der Waals surface area (Å²) in [4.78, 5) is 6.96. The largest absolute Gasteiger partial charge is 0.468 e. The molecule has 1 saturated heterocycles. The summed E-state index contributed by atoms with van der Waals surface area (Å²) in [7, 11) is 0. The van der Waals surface area contributed by atoms with Gasteiger partial charge < -0.3 is 15.1 Å². The number of piperidine rings is 1. The monoisotopic (exact) mass is 525 g/mol. The van der Waals surface area contributed by atoms with Crippen LogP contribution in [-0.4, -0.2) is 37.0 Å². The molecule has 0 aliphatic carbocycles. The summed E-state index contributed by atoms with van der Waals surface area (Å²) in [5.41, 5.74) is 0.767. The highest BCUT2D eigenvalue weighted by Crippen LogP contribution is 2.24. The Kier molecular flexibility index (Phi) is 10.1. The molecule has 1 aromatic carbocycles. The van der Waals surface area contributed by atoms with E-state index in [1.54, 1.807) is 18.4 Å². The van der Waals surface area contributed by atoms with Gasteiger partial charge in [-0.3, -0.25) is 4.90 Å². The van der Waals surface area contributed by atoms with Crippen LogP contribution in [0.5, 0.6) is 0 Å². The summed E-state index contributed by atoms with van der Waals surface area (Å²) < 4.78 is 19.8. The van der Waals surface area contributed by atoms with E-state index in [-0.39, 0.29) is 36.6 Å². The van der Waals surface area contributed by atoms with Gasteiger partial charge in [-0.25, -0.2) is 9.38 Å². The Labute approximate surface area is 194 Å². The molecule has 1 atom stereocenters. The second-order valence-corrected chi connectivity index (χ2v) is 7.12. The molecule has 2 aromatic rings. The molecule has 0 saturated carbocycles. The van der Waals surface area contributed by atoms with Gasteiger partial charge in [-0.2, -0.15) is 5.26 Å². The van der Waals surface area contributed by atoms with Gasteiger partial charge in [-0.15, -0.1) is 24.0 Å². The first kappa shape index (κ1) is 24.2. The van der Waals surface area contributed by atoms with E-state index in [0.29, 0.717) is 30.2 Å². The van der Waals surface area contributed by atoms with Crippen molar-refractivity contribution in [1.29, 1.82) is 5.26 Å². The third kappa shape index (κ3) is 6.71. The van der Waals surface area contributed by atoms with Crippen molar-refractivity contribution in [3.05, 3.63) is 59.3 Å². The number of rotatable bonds is 7. The lowest BCUT2D eigenvalue weighted by Crippen LogP contribution is -2.44. The van der Waals surface area contributed by atoms with Gasteiger partial charge in [-0.1, -0.05) is 12.5 Å². The highest BCUT2D eigenvalue weighted by molar-refractivity contribution is 14.0. The Morgan fingerprint density at radius 3 is 2.70 bits per heavy atom. The van der Waals surface area contributed by atoms with Crippen molar-refractivity contribution in [2.24, 2.45) is 4.99 Å². The van der Waals surface area contributed by atoms with Crippen LogP contribution in [0.4, 0.5) is 4.39 Å². The van der Waals surface area contributed by atoms with Crippen molar-refractivity contribution in [1.82, 2.24) is 15.5 Å². The van der Waals surface area contributed by atoms with Gasteiger partial charge in [0, 0.05) is 18.7 Å².